The third kappa shape index (κ3) is 6.46. The molecule has 2 atom stereocenters. The standard InChI is InChI=1S/C13H27NO2/c1-11(2)8-12(3)14-5-7-16-10-13-4-6-15-9-13/h11-14H,4-10H2,1-3H3. The van der Waals surface area contributed by atoms with Gasteiger partial charge in [0.15, 0.2) is 0 Å². The van der Waals surface area contributed by atoms with Gasteiger partial charge in [-0.25, -0.2) is 0 Å². The minimum Gasteiger partial charge on any atom is -0.381 e. The second-order valence-electron chi connectivity index (χ2n) is 5.29. The summed E-state index contributed by atoms with van der Waals surface area (Å²) < 4.78 is 10.9. The molecule has 1 aliphatic heterocycles. The smallest absolute Gasteiger partial charge is 0.0591 e. The maximum atomic E-state index is 5.63. The van der Waals surface area contributed by atoms with Crippen molar-refractivity contribution < 1.29 is 9.47 Å². The van der Waals surface area contributed by atoms with Crippen LogP contribution in [0.5, 0.6) is 0 Å². The predicted molar refractivity (Wildman–Crippen MR) is 66.7 cm³/mol. The highest BCUT2D eigenvalue weighted by Crippen LogP contribution is 2.11. The molecule has 0 bridgehead atoms. The average Bonchev–Trinajstić information content (AvgIpc) is 2.68. The zero-order valence-electron chi connectivity index (χ0n) is 11.0. The van der Waals surface area contributed by atoms with Crippen LogP contribution < -0.4 is 5.32 Å². The van der Waals surface area contributed by atoms with E-state index >= 15 is 0 Å². The van der Waals surface area contributed by atoms with Gasteiger partial charge < -0.3 is 14.8 Å². The molecule has 1 heterocycles. The highest BCUT2D eigenvalue weighted by molar-refractivity contribution is 4.64. The van der Waals surface area contributed by atoms with E-state index in [1.807, 2.05) is 0 Å². The molecule has 3 heteroatoms. The average molecular weight is 229 g/mol. The van der Waals surface area contributed by atoms with Gasteiger partial charge in [0.25, 0.3) is 0 Å². The van der Waals surface area contributed by atoms with Crippen molar-refractivity contribution in [2.75, 3.05) is 33.0 Å². The minimum atomic E-state index is 0.596. The Morgan fingerprint density at radius 3 is 2.81 bits per heavy atom. The summed E-state index contributed by atoms with van der Waals surface area (Å²) in [5, 5.41) is 3.48. The van der Waals surface area contributed by atoms with Gasteiger partial charge in [-0.3, -0.25) is 0 Å². The molecule has 0 saturated carbocycles. The van der Waals surface area contributed by atoms with Crippen molar-refractivity contribution in [2.24, 2.45) is 11.8 Å². The SMILES string of the molecule is CC(C)CC(C)NCCOCC1CCOC1. The van der Waals surface area contributed by atoms with Crippen molar-refractivity contribution in [3.05, 3.63) is 0 Å². The Bertz CT molecular complexity index is 167. The first-order valence-electron chi connectivity index (χ1n) is 6.57. The van der Waals surface area contributed by atoms with E-state index < -0.39 is 0 Å². The fourth-order valence-corrected chi connectivity index (χ4v) is 2.13. The molecular weight excluding hydrogens is 202 g/mol. The van der Waals surface area contributed by atoms with Crippen molar-refractivity contribution in [1.29, 1.82) is 0 Å². The summed E-state index contributed by atoms with van der Waals surface area (Å²) in [6.07, 6.45) is 2.40. The molecule has 1 saturated heterocycles. The molecule has 0 spiro atoms. The summed E-state index contributed by atoms with van der Waals surface area (Å²) in [5.41, 5.74) is 0. The van der Waals surface area contributed by atoms with Crippen LogP contribution in [0, 0.1) is 11.8 Å². The van der Waals surface area contributed by atoms with Crippen LogP contribution in [0.3, 0.4) is 0 Å². The number of nitrogens with one attached hydrogen (secondary N) is 1. The zero-order valence-corrected chi connectivity index (χ0v) is 11.0. The summed E-state index contributed by atoms with van der Waals surface area (Å²) in [6, 6.07) is 0.596. The molecule has 1 aliphatic rings. The maximum Gasteiger partial charge on any atom is 0.0591 e. The highest BCUT2D eigenvalue weighted by atomic mass is 16.5. The maximum absolute atomic E-state index is 5.63. The van der Waals surface area contributed by atoms with Crippen LogP contribution in [0.15, 0.2) is 0 Å². The molecule has 16 heavy (non-hydrogen) atoms. The largest absolute Gasteiger partial charge is 0.381 e. The summed E-state index contributed by atoms with van der Waals surface area (Å²) in [6.45, 7) is 11.2. The second-order valence-corrected chi connectivity index (χ2v) is 5.29. The van der Waals surface area contributed by atoms with Crippen molar-refractivity contribution >= 4 is 0 Å². The van der Waals surface area contributed by atoms with E-state index in [0.29, 0.717) is 12.0 Å². The van der Waals surface area contributed by atoms with E-state index in [1.165, 1.54) is 6.42 Å². The van der Waals surface area contributed by atoms with Crippen LogP contribution in [0.4, 0.5) is 0 Å². The van der Waals surface area contributed by atoms with Crippen LogP contribution in [-0.2, 0) is 9.47 Å². The molecule has 1 N–H and O–H groups in total. The van der Waals surface area contributed by atoms with Gasteiger partial charge in [-0.2, -0.15) is 0 Å². The number of rotatable bonds is 8. The molecule has 0 aliphatic carbocycles. The fraction of sp³-hybridized carbons (Fsp3) is 1.00. The summed E-state index contributed by atoms with van der Waals surface area (Å²) in [4.78, 5) is 0. The van der Waals surface area contributed by atoms with Gasteiger partial charge in [0.05, 0.1) is 19.8 Å². The van der Waals surface area contributed by atoms with Gasteiger partial charge in [-0.1, -0.05) is 13.8 Å². The molecule has 0 aromatic rings. The lowest BCUT2D eigenvalue weighted by Gasteiger charge is -2.16. The molecule has 0 radical (unpaired) electrons. The van der Waals surface area contributed by atoms with Gasteiger partial charge in [0, 0.05) is 25.1 Å². The number of ether oxygens (including phenoxy) is 2. The first-order valence-corrected chi connectivity index (χ1v) is 6.57. The number of hydrogen-bond acceptors (Lipinski definition) is 3. The number of hydrogen-bond donors (Lipinski definition) is 1. The normalized spacial score (nSPS) is 22.9. The molecule has 1 fully saturated rings. The third-order valence-electron chi connectivity index (χ3n) is 2.94. The van der Waals surface area contributed by atoms with E-state index in [9.17, 15) is 0 Å². The lowest BCUT2D eigenvalue weighted by Crippen LogP contribution is -2.31. The van der Waals surface area contributed by atoms with Gasteiger partial charge in [0.1, 0.15) is 0 Å². The fourth-order valence-electron chi connectivity index (χ4n) is 2.13. The first-order chi connectivity index (χ1) is 7.68. The molecule has 96 valence electrons. The Kier molecular flexibility index (Phi) is 7.01. The third-order valence-corrected chi connectivity index (χ3v) is 2.94. The molecule has 3 nitrogen and oxygen atoms in total. The molecule has 2 unspecified atom stereocenters. The molecule has 1 rings (SSSR count). The Labute approximate surface area is 99.9 Å². The van der Waals surface area contributed by atoms with Crippen LogP contribution >= 0.6 is 0 Å². The van der Waals surface area contributed by atoms with Gasteiger partial charge >= 0.3 is 0 Å². The van der Waals surface area contributed by atoms with Crippen molar-refractivity contribution in [3.63, 3.8) is 0 Å². The van der Waals surface area contributed by atoms with E-state index in [1.54, 1.807) is 0 Å². The monoisotopic (exact) mass is 229 g/mol. The van der Waals surface area contributed by atoms with Crippen LogP contribution in [0.2, 0.25) is 0 Å². The van der Waals surface area contributed by atoms with Crippen LogP contribution in [-0.4, -0.2) is 39.0 Å². The Morgan fingerprint density at radius 2 is 2.19 bits per heavy atom. The van der Waals surface area contributed by atoms with Gasteiger partial charge in [-0.15, -0.1) is 0 Å². The lowest BCUT2D eigenvalue weighted by molar-refractivity contribution is 0.0900. The topological polar surface area (TPSA) is 30.5 Å². The summed E-state index contributed by atoms with van der Waals surface area (Å²) in [7, 11) is 0. The molecule has 0 aromatic carbocycles. The molecular formula is C13H27NO2. The van der Waals surface area contributed by atoms with E-state index in [4.69, 9.17) is 9.47 Å². The van der Waals surface area contributed by atoms with Gasteiger partial charge in [-0.05, 0) is 25.7 Å². The van der Waals surface area contributed by atoms with E-state index in [-0.39, 0.29) is 0 Å². The Hall–Kier alpha value is -0.120. The van der Waals surface area contributed by atoms with Crippen LogP contribution in [0.25, 0.3) is 0 Å². The second kappa shape index (κ2) is 8.04. The van der Waals surface area contributed by atoms with Gasteiger partial charge in [0.2, 0.25) is 0 Å². The molecule has 0 aromatic heterocycles. The lowest BCUT2D eigenvalue weighted by atomic mass is 10.1. The zero-order chi connectivity index (χ0) is 11.8. The Balaban J connectivity index is 1.87. The minimum absolute atomic E-state index is 0.596. The highest BCUT2D eigenvalue weighted by Gasteiger charge is 2.15. The Morgan fingerprint density at radius 1 is 1.38 bits per heavy atom. The van der Waals surface area contributed by atoms with E-state index in [0.717, 1.165) is 45.3 Å². The first kappa shape index (κ1) is 13.9. The molecule has 0 amide bonds. The van der Waals surface area contributed by atoms with E-state index in [2.05, 4.69) is 26.1 Å². The van der Waals surface area contributed by atoms with Crippen molar-refractivity contribution in [2.45, 2.75) is 39.7 Å². The quantitative estimate of drug-likeness (QED) is 0.646. The van der Waals surface area contributed by atoms with Crippen LogP contribution in [0.1, 0.15) is 33.6 Å². The predicted octanol–water partition coefficient (Wildman–Crippen LogP) is 2.06. The van der Waals surface area contributed by atoms with Crippen molar-refractivity contribution in [3.8, 4) is 0 Å². The summed E-state index contributed by atoms with van der Waals surface area (Å²) in [5.74, 6) is 1.40. The summed E-state index contributed by atoms with van der Waals surface area (Å²) >= 11 is 0. The van der Waals surface area contributed by atoms with Crippen molar-refractivity contribution in [1.82, 2.24) is 5.32 Å².